The van der Waals surface area contributed by atoms with E-state index in [1.165, 1.54) is 18.2 Å². The van der Waals surface area contributed by atoms with Gasteiger partial charge in [0.05, 0.1) is 11.3 Å². The van der Waals surface area contributed by atoms with Crippen molar-refractivity contribution in [2.24, 2.45) is 0 Å². The number of aromatic nitrogens is 1. The Hall–Kier alpha value is -3.56. The van der Waals surface area contributed by atoms with Crippen LogP contribution in [0.1, 0.15) is 24.8 Å². The van der Waals surface area contributed by atoms with E-state index in [0.717, 1.165) is 42.8 Å². The van der Waals surface area contributed by atoms with Gasteiger partial charge in [0.2, 0.25) is 0 Å². The van der Waals surface area contributed by atoms with Gasteiger partial charge in [0, 0.05) is 36.2 Å². The van der Waals surface area contributed by atoms with Gasteiger partial charge in [0.25, 0.3) is 5.91 Å². The van der Waals surface area contributed by atoms with Gasteiger partial charge in [-0.25, -0.2) is 8.78 Å². The summed E-state index contributed by atoms with van der Waals surface area (Å²) < 4.78 is 71.3. The number of ether oxygens (including phenoxy) is 1. The van der Waals surface area contributed by atoms with Crippen LogP contribution in [-0.4, -0.2) is 29.2 Å². The van der Waals surface area contributed by atoms with Crippen LogP contribution in [0.15, 0.2) is 60.9 Å². The van der Waals surface area contributed by atoms with Gasteiger partial charge in [0.1, 0.15) is 5.75 Å². The number of anilines is 1. The number of carbonyl (C=O) groups excluding carboxylic acids is 1. The van der Waals surface area contributed by atoms with Crippen molar-refractivity contribution in [2.75, 3.05) is 11.9 Å². The first-order valence-electron chi connectivity index (χ1n) is 10.7. The SMILES string of the molecule is O=C(COc1ccc(F)c(F)c1)N[C@H]1CC[C@H](Nc2ccn(-c3ccc(C(F)(F)F)cc3)c2)C1. The van der Waals surface area contributed by atoms with Crippen LogP contribution in [-0.2, 0) is 11.0 Å². The molecule has 34 heavy (non-hydrogen) atoms. The topological polar surface area (TPSA) is 55.3 Å². The number of halogens is 5. The van der Waals surface area contributed by atoms with Crippen molar-refractivity contribution in [1.29, 1.82) is 0 Å². The maximum absolute atomic E-state index is 13.2. The fourth-order valence-corrected chi connectivity index (χ4v) is 3.93. The second-order valence-corrected chi connectivity index (χ2v) is 8.14. The molecule has 0 radical (unpaired) electrons. The first-order chi connectivity index (χ1) is 16.2. The molecule has 180 valence electrons. The van der Waals surface area contributed by atoms with Crippen molar-refractivity contribution < 1.29 is 31.5 Å². The second kappa shape index (κ2) is 9.74. The Kier molecular flexibility index (Phi) is 6.76. The molecule has 1 fully saturated rings. The molecule has 1 aliphatic rings. The highest BCUT2D eigenvalue weighted by Gasteiger charge is 2.30. The van der Waals surface area contributed by atoms with Gasteiger partial charge < -0.3 is 19.9 Å². The van der Waals surface area contributed by atoms with E-state index in [-0.39, 0.29) is 30.3 Å². The number of benzene rings is 2. The van der Waals surface area contributed by atoms with Crippen LogP contribution >= 0.6 is 0 Å². The van der Waals surface area contributed by atoms with Crippen molar-refractivity contribution in [3.05, 3.63) is 78.1 Å². The van der Waals surface area contributed by atoms with Crippen LogP contribution in [0.4, 0.5) is 27.6 Å². The van der Waals surface area contributed by atoms with Crippen molar-refractivity contribution in [3.63, 3.8) is 0 Å². The maximum atomic E-state index is 13.2. The minimum absolute atomic E-state index is 0.0597. The van der Waals surface area contributed by atoms with Gasteiger partial charge in [-0.05, 0) is 61.7 Å². The van der Waals surface area contributed by atoms with Crippen LogP contribution in [0, 0.1) is 11.6 Å². The number of carbonyl (C=O) groups is 1. The third-order valence-corrected chi connectivity index (χ3v) is 5.62. The first kappa shape index (κ1) is 23.6. The number of hydrogen-bond acceptors (Lipinski definition) is 3. The number of nitrogens with one attached hydrogen (secondary N) is 2. The van der Waals surface area contributed by atoms with Gasteiger partial charge in [-0.3, -0.25) is 4.79 Å². The number of rotatable bonds is 7. The van der Waals surface area contributed by atoms with Crippen LogP contribution in [0.25, 0.3) is 5.69 Å². The molecule has 2 atom stereocenters. The van der Waals surface area contributed by atoms with Crippen LogP contribution in [0.5, 0.6) is 5.75 Å². The Morgan fingerprint density at radius 1 is 1.00 bits per heavy atom. The zero-order valence-electron chi connectivity index (χ0n) is 17.9. The Morgan fingerprint density at radius 2 is 1.74 bits per heavy atom. The van der Waals surface area contributed by atoms with Gasteiger partial charge in [-0.2, -0.15) is 13.2 Å². The third kappa shape index (κ3) is 5.86. The minimum atomic E-state index is -4.37. The number of nitrogens with zero attached hydrogens (tertiary/aromatic N) is 1. The van der Waals surface area contributed by atoms with Crippen LogP contribution in [0.2, 0.25) is 0 Å². The van der Waals surface area contributed by atoms with E-state index in [0.29, 0.717) is 12.1 Å². The zero-order valence-corrected chi connectivity index (χ0v) is 17.9. The Balaban J connectivity index is 1.24. The largest absolute Gasteiger partial charge is 0.484 e. The fraction of sp³-hybridized carbons (Fsp3) is 0.292. The molecule has 0 unspecified atom stereocenters. The normalized spacial score (nSPS) is 18.0. The first-order valence-corrected chi connectivity index (χ1v) is 10.7. The minimum Gasteiger partial charge on any atom is -0.484 e. The summed E-state index contributed by atoms with van der Waals surface area (Å²) >= 11 is 0. The van der Waals surface area contributed by atoms with E-state index < -0.39 is 23.4 Å². The summed E-state index contributed by atoms with van der Waals surface area (Å²) in [7, 11) is 0. The molecule has 1 saturated carbocycles. The Morgan fingerprint density at radius 3 is 2.44 bits per heavy atom. The van der Waals surface area contributed by atoms with E-state index in [9.17, 15) is 26.7 Å². The molecule has 3 aromatic rings. The highest BCUT2D eigenvalue weighted by atomic mass is 19.4. The molecule has 5 nitrogen and oxygen atoms in total. The quantitative estimate of drug-likeness (QED) is 0.452. The molecular formula is C24H22F5N3O2. The van der Waals surface area contributed by atoms with Gasteiger partial charge in [-0.1, -0.05) is 0 Å². The zero-order chi connectivity index (χ0) is 24.3. The Bertz CT molecular complexity index is 1140. The smallest absolute Gasteiger partial charge is 0.416 e. The lowest BCUT2D eigenvalue weighted by Crippen LogP contribution is -2.37. The maximum Gasteiger partial charge on any atom is 0.416 e. The summed E-state index contributed by atoms with van der Waals surface area (Å²) in [6, 6.07) is 9.86. The summed E-state index contributed by atoms with van der Waals surface area (Å²) in [5.74, 6) is -2.33. The summed E-state index contributed by atoms with van der Waals surface area (Å²) in [6.45, 7) is -0.310. The molecule has 1 aromatic heterocycles. The van der Waals surface area contributed by atoms with Gasteiger partial charge in [0.15, 0.2) is 18.2 Å². The number of alkyl halides is 3. The van der Waals surface area contributed by atoms with Crippen molar-refractivity contribution in [2.45, 2.75) is 37.5 Å². The standard InChI is InChI=1S/C24H22F5N3O2/c25-21-8-7-20(12-22(21)26)34-14-23(33)31-17-4-3-16(11-17)30-18-9-10-32(13-18)19-5-1-15(2-6-19)24(27,28)29/h1-2,5-10,12-13,16-17,30H,3-4,11,14H2,(H,31,33)/t16-,17-/m0/s1. The summed E-state index contributed by atoms with van der Waals surface area (Å²) in [6.07, 6.45) is 1.44. The summed E-state index contributed by atoms with van der Waals surface area (Å²) in [5.41, 5.74) is 0.730. The predicted molar refractivity (Wildman–Crippen MR) is 116 cm³/mol. The highest BCUT2D eigenvalue weighted by Crippen LogP contribution is 2.30. The van der Waals surface area contributed by atoms with Crippen molar-refractivity contribution in [3.8, 4) is 11.4 Å². The molecule has 0 bridgehead atoms. The van der Waals surface area contributed by atoms with Crippen LogP contribution in [0.3, 0.4) is 0 Å². The molecule has 2 N–H and O–H groups in total. The second-order valence-electron chi connectivity index (χ2n) is 8.14. The van der Waals surface area contributed by atoms with Gasteiger partial charge >= 0.3 is 6.18 Å². The third-order valence-electron chi connectivity index (χ3n) is 5.62. The molecule has 0 spiro atoms. The highest BCUT2D eigenvalue weighted by molar-refractivity contribution is 5.77. The number of amides is 1. The summed E-state index contributed by atoms with van der Waals surface area (Å²) in [4.78, 5) is 12.1. The van der Waals surface area contributed by atoms with Crippen molar-refractivity contribution in [1.82, 2.24) is 9.88 Å². The van der Waals surface area contributed by atoms with Gasteiger partial charge in [-0.15, -0.1) is 0 Å². The molecule has 1 aliphatic carbocycles. The molecule has 10 heteroatoms. The van der Waals surface area contributed by atoms with E-state index in [1.807, 2.05) is 6.07 Å². The van der Waals surface area contributed by atoms with E-state index in [4.69, 9.17) is 4.74 Å². The van der Waals surface area contributed by atoms with E-state index >= 15 is 0 Å². The average Bonchev–Trinajstić information content (AvgIpc) is 3.44. The van der Waals surface area contributed by atoms with Crippen LogP contribution < -0.4 is 15.4 Å². The molecule has 1 amide bonds. The fourth-order valence-electron chi connectivity index (χ4n) is 3.93. The molecular weight excluding hydrogens is 457 g/mol. The molecule has 0 saturated heterocycles. The molecule has 4 rings (SSSR count). The monoisotopic (exact) mass is 479 g/mol. The van der Waals surface area contributed by atoms with E-state index in [2.05, 4.69) is 10.6 Å². The molecule has 0 aliphatic heterocycles. The lowest BCUT2D eigenvalue weighted by atomic mass is 10.2. The summed E-state index contributed by atoms with van der Waals surface area (Å²) in [5, 5.41) is 6.25. The number of hydrogen-bond donors (Lipinski definition) is 2. The lowest BCUT2D eigenvalue weighted by Gasteiger charge is -2.15. The average molecular weight is 479 g/mol. The predicted octanol–water partition coefficient (Wildman–Crippen LogP) is 5.30. The van der Waals surface area contributed by atoms with Crippen molar-refractivity contribution >= 4 is 11.6 Å². The molecule has 1 heterocycles. The lowest BCUT2D eigenvalue weighted by molar-refractivity contribution is -0.137. The Labute approximate surface area is 192 Å². The van der Waals surface area contributed by atoms with E-state index in [1.54, 1.807) is 17.0 Å². The molecule has 2 aromatic carbocycles.